The third-order valence-corrected chi connectivity index (χ3v) is 4.77. The number of nitrogens with two attached hydrogens (primary N) is 1. The van der Waals surface area contributed by atoms with Crippen molar-refractivity contribution >= 4 is 22.5 Å². The zero-order valence-electron chi connectivity index (χ0n) is 16.3. The number of hydrogen-bond donors (Lipinski definition) is 2. The Morgan fingerprint density at radius 3 is 2.90 bits per heavy atom. The SMILES string of the molecule is CNC(=O)Cn1cc(Cc2cc3cc(-c4cnccc4C)nc(N)c3cn2)cn1. The van der Waals surface area contributed by atoms with Crippen LogP contribution in [0.15, 0.2) is 49.2 Å². The van der Waals surface area contributed by atoms with E-state index in [0.717, 1.165) is 38.9 Å². The minimum absolute atomic E-state index is 0.0929. The molecular formula is C21H21N7O. The van der Waals surface area contributed by atoms with E-state index < -0.39 is 0 Å². The monoisotopic (exact) mass is 387 g/mol. The number of rotatable bonds is 5. The Bertz CT molecular complexity index is 1200. The van der Waals surface area contributed by atoms with Crippen molar-refractivity contribution in [3.8, 4) is 11.3 Å². The van der Waals surface area contributed by atoms with Gasteiger partial charge in [-0.25, -0.2) is 4.98 Å². The van der Waals surface area contributed by atoms with Gasteiger partial charge in [0.1, 0.15) is 12.4 Å². The van der Waals surface area contributed by atoms with Crippen LogP contribution < -0.4 is 11.1 Å². The number of carbonyl (C=O) groups excluding carboxylic acids is 1. The van der Waals surface area contributed by atoms with Crippen LogP contribution in [0.1, 0.15) is 16.8 Å². The molecule has 8 nitrogen and oxygen atoms in total. The van der Waals surface area contributed by atoms with Gasteiger partial charge in [-0.1, -0.05) is 0 Å². The lowest BCUT2D eigenvalue weighted by Crippen LogP contribution is -2.23. The second kappa shape index (κ2) is 7.67. The molecule has 0 radical (unpaired) electrons. The normalized spacial score (nSPS) is 11.0. The topological polar surface area (TPSA) is 112 Å². The highest BCUT2D eigenvalue weighted by Gasteiger charge is 2.10. The fraction of sp³-hybridized carbons (Fsp3) is 0.190. The molecule has 0 saturated heterocycles. The number of amides is 1. The smallest absolute Gasteiger partial charge is 0.241 e. The zero-order valence-corrected chi connectivity index (χ0v) is 16.3. The predicted molar refractivity (Wildman–Crippen MR) is 111 cm³/mol. The highest BCUT2D eigenvalue weighted by molar-refractivity contribution is 5.93. The summed E-state index contributed by atoms with van der Waals surface area (Å²) in [6, 6.07) is 5.97. The first-order valence-electron chi connectivity index (χ1n) is 9.21. The van der Waals surface area contributed by atoms with Gasteiger partial charge in [0.15, 0.2) is 0 Å². The molecule has 0 saturated carbocycles. The lowest BCUT2D eigenvalue weighted by Gasteiger charge is -2.09. The Morgan fingerprint density at radius 2 is 2.10 bits per heavy atom. The maximum absolute atomic E-state index is 11.5. The minimum atomic E-state index is -0.0929. The number of aryl methyl sites for hydroxylation is 1. The molecular weight excluding hydrogens is 366 g/mol. The molecule has 0 bridgehead atoms. The summed E-state index contributed by atoms with van der Waals surface area (Å²) in [5.74, 6) is 0.350. The van der Waals surface area contributed by atoms with Crippen molar-refractivity contribution in [2.75, 3.05) is 12.8 Å². The fourth-order valence-electron chi connectivity index (χ4n) is 3.21. The van der Waals surface area contributed by atoms with Gasteiger partial charge in [-0.05, 0) is 41.6 Å². The van der Waals surface area contributed by atoms with Crippen LogP contribution >= 0.6 is 0 Å². The molecule has 1 amide bonds. The van der Waals surface area contributed by atoms with Gasteiger partial charge in [0, 0.05) is 54.9 Å². The molecule has 8 heteroatoms. The van der Waals surface area contributed by atoms with Crippen LogP contribution in [-0.2, 0) is 17.8 Å². The Balaban J connectivity index is 1.65. The molecule has 4 aromatic heterocycles. The van der Waals surface area contributed by atoms with E-state index in [4.69, 9.17) is 5.73 Å². The zero-order chi connectivity index (χ0) is 20.4. The molecule has 3 N–H and O–H groups in total. The van der Waals surface area contributed by atoms with Gasteiger partial charge >= 0.3 is 0 Å². The minimum Gasteiger partial charge on any atom is -0.383 e. The number of carbonyl (C=O) groups is 1. The van der Waals surface area contributed by atoms with Crippen LogP contribution in [0.3, 0.4) is 0 Å². The maximum atomic E-state index is 11.5. The summed E-state index contributed by atoms with van der Waals surface area (Å²) >= 11 is 0. The molecule has 0 atom stereocenters. The molecule has 29 heavy (non-hydrogen) atoms. The van der Waals surface area contributed by atoms with Crippen LogP contribution in [0.25, 0.3) is 22.0 Å². The number of nitrogens with one attached hydrogen (secondary N) is 1. The third kappa shape index (κ3) is 3.91. The van der Waals surface area contributed by atoms with E-state index in [1.54, 1.807) is 36.5 Å². The Kier molecular flexibility index (Phi) is 4.90. The van der Waals surface area contributed by atoms with Crippen molar-refractivity contribution in [2.24, 2.45) is 0 Å². The summed E-state index contributed by atoms with van der Waals surface area (Å²) in [6.07, 6.45) is 9.52. The van der Waals surface area contributed by atoms with Crippen molar-refractivity contribution < 1.29 is 4.79 Å². The highest BCUT2D eigenvalue weighted by Crippen LogP contribution is 2.28. The summed E-state index contributed by atoms with van der Waals surface area (Å²) < 4.78 is 1.61. The van der Waals surface area contributed by atoms with Gasteiger partial charge in [-0.3, -0.25) is 19.4 Å². The highest BCUT2D eigenvalue weighted by atomic mass is 16.1. The predicted octanol–water partition coefficient (Wildman–Crippen LogP) is 2.12. The lowest BCUT2D eigenvalue weighted by molar-refractivity contribution is -0.121. The molecule has 0 aliphatic carbocycles. The third-order valence-electron chi connectivity index (χ3n) is 4.77. The van der Waals surface area contributed by atoms with Crippen LogP contribution in [0.5, 0.6) is 0 Å². The Hall–Kier alpha value is -3.81. The van der Waals surface area contributed by atoms with Crippen LogP contribution in [-0.4, -0.2) is 37.7 Å². The quantitative estimate of drug-likeness (QED) is 0.542. The van der Waals surface area contributed by atoms with E-state index in [9.17, 15) is 4.79 Å². The van der Waals surface area contributed by atoms with E-state index in [-0.39, 0.29) is 12.5 Å². The van der Waals surface area contributed by atoms with Crippen LogP contribution in [0.2, 0.25) is 0 Å². The number of aromatic nitrogens is 5. The molecule has 4 aromatic rings. The van der Waals surface area contributed by atoms with Crippen molar-refractivity contribution in [3.63, 3.8) is 0 Å². The van der Waals surface area contributed by atoms with Crippen molar-refractivity contribution in [3.05, 3.63) is 66.0 Å². The molecule has 0 aliphatic rings. The lowest BCUT2D eigenvalue weighted by atomic mass is 10.0. The van der Waals surface area contributed by atoms with Crippen LogP contribution in [0, 0.1) is 6.92 Å². The molecule has 4 heterocycles. The number of hydrogen-bond acceptors (Lipinski definition) is 6. The summed E-state index contributed by atoms with van der Waals surface area (Å²) in [5.41, 5.74) is 10.9. The van der Waals surface area contributed by atoms with E-state index in [1.807, 2.05) is 31.3 Å². The number of pyridine rings is 3. The Morgan fingerprint density at radius 1 is 1.24 bits per heavy atom. The van der Waals surface area contributed by atoms with Gasteiger partial charge < -0.3 is 11.1 Å². The molecule has 0 aliphatic heterocycles. The summed E-state index contributed by atoms with van der Waals surface area (Å²) in [6.45, 7) is 2.21. The molecule has 0 fully saturated rings. The van der Waals surface area contributed by atoms with Gasteiger partial charge in [-0.15, -0.1) is 0 Å². The molecule has 0 aromatic carbocycles. The van der Waals surface area contributed by atoms with E-state index in [2.05, 4.69) is 25.4 Å². The number of anilines is 1. The first-order valence-corrected chi connectivity index (χ1v) is 9.21. The fourth-order valence-corrected chi connectivity index (χ4v) is 3.21. The largest absolute Gasteiger partial charge is 0.383 e. The molecule has 0 unspecified atom stereocenters. The number of nitrogen functional groups attached to an aromatic ring is 1. The van der Waals surface area contributed by atoms with Gasteiger partial charge in [0.25, 0.3) is 0 Å². The first kappa shape index (κ1) is 18.5. The second-order valence-corrected chi connectivity index (χ2v) is 6.88. The van der Waals surface area contributed by atoms with Crippen molar-refractivity contribution in [1.82, 2.24) is 30.0 Å². The number of fused-ring (bicyclic) bond motifs is 1. The van der Waals surface area contributed by atoms with Gasteiger partial charge in [0.2, 0.25) is 5.91 Å². The van der Waals surface area contributed by atoms with Gasteiger partial charge in [-0.2, -0.15) is 5.10 Å². The molecule has 4 rings (SSSR count). The van der Waals surface area contributed by atoms with Gasteiger partial charge in [0.05, 0.1) is 11.9 Å². The number of nitrogens with zero attached hydrogens (tertiary/aromatic N) is 5. The summed E-state index contributed by atoms with van der Waals surface area (Å²) in [5, 5.41) is 8.60. The Labute approximate surface area is 167 Å². The molecule has 0 spiro atoms. The maximum Gasteiger partial charge on any atom is 0.241 e. The van der Waals surface area contributed by atoms with E-state index >= 15 is 0 Å². The summed E-state index contributed by atoms with van der Waals surface area (Å²) in [7, 11) is 1.60. The second-order valence-electron chi connectivity index (χ2n) is 6.88. The molecule has 146 valence electrons. The number of likely N-dealkylation sites (N-methyl/N-ethyl adjacent to an activating group) is 1. The van der Waals surface area contributed by atoms with E-state index in [1.165, 1.54) is 0 Å². The van der Waals surface area contributed by atoms with Crippen molar-refractivity contribution in [1.29, 1.82) is 0 Å². The summed E-state index contributed by atoms with van der Waals surface area (Å²) in [4.78, 5) is 24.7. The standard InChI is InChI=1S/C21H21N7O/c1-13-3-4-24-9-17(13)19-7-15-6-16(25-10-18(15)21(22)27-19)5-14-8-26-28(11-14)12-20(29)23-2/h3-4,6-11H,5,12H2,1-2H3,(H2,22,27)(H,23,29). The average Bonchev–Trinajstić information content (AvgIpc) is 3.14. The first-order chi connectivity index (χ1) is 14.0. The van der Waals surface area contributed by atoms with Crippen molar-refractivity contribution in [2.45, 2.75) is 19.9 Å². The average molecular weight is 387 g/mol. The van der Waals surface area contributed by atoms with Crippen LogP contribution in [0.4, 0.5) is 5.82 Å². The van der Waals surface area contributed by atoms with E-state index in [0.29, 0.717) is 12.2 Å².